The highest BCUT2D eigenvalue weighted by atomic mass is 32.2. The number of benzene rings is 1. The number of rotatable bonds is 8. The van der Waals surface area contributed by atoms with Crippen LogP contribution in [0.1, 0.15) is 39.2 Å². The molecule has 1 aliphatic rings. The Hall–Kier alpha value is -2.35. The predicted molar refractivity (Wildman–Crippen MR) is 116 cm³/mol. The molecule has 1 aromatic heterocycles. The zero-order valence-corrected chi connectivity index (χ0v) is 18.3. The number of hydrogen-bond donors (Lipinski definition) is 1. The second-order valence-electron chi connectivity index (χ2n) is 7.84. The van der Waals surface area contributed by atoms with Crippen LogP contribution in [-0.4, -0.2) is 51.3 Å². The maximum Gasteiger partial charge on any atom is 0.232 e. The molecule has 0 spiro atoms. The van der Waals surface area contributed by atoms with Crippen molar-refractivity contribution in [1.82, 2.24) is 20.1 Å². The molecule has 1 aromatic carbocycles. The van der Waals surface area contributed by atoms with Gasteiger partial charge in [0.1, 0.15) is 0 Å². The second-order valence-corrected chi connectivity index (χ2v) is 8.78. The maximum absolute atomic E-state index is 12.4. The van der Waals surface area contributed by atoms with Crippen molar-refractivity contribution in [2.24, 2.45) is 5.92 Å². The first-order valence-corrected chi connectivity index (χ1v) is 11.1. The molecule has 0 saturated carbocycles. The lowest BCUT2D eigenvalue weighted by Crippen LogP contribution is -2.44. The van der Waals surface area contributed by atoms with E-state index in [0.717, 1.165) is 37.6 Å². The first kappa shape index (κ1) is 21.4. The maximum atomic E-state index is 12.4. The first-order chi connectivity index (χ1) is 13.9. The van der Waals surface area contributed by atoms with Crippen molar-refractivity contribution in [3.63, 3.8) is 0 Å². The van der Waals surface area contributed by atoms with E-state index < -0.39 is 6.04 Å². The predicted octanol–water partition coefficient (Wildman–Crippen LogP) is 3.00. The second kappa shape index (κ2) is 9.43. The van der Waals surface area contributed by atoms with Crippen LogP contribution in [0, 0.1) is 12.8 Å². The summed E-state index contributed by atoms with van der Waals surface area (Å²) < 4.78 is 2.02. The number of carbonyl (C=O) groups excluding carboxylic acids is 2. The zero-order valence-electron chi connectivity index (χ0n) is 17.5. The SMILES string of the molecule is CC(=O)C(NC(=O)CSc1nnc(N2CCCC2)n1-c1ccc(C)cc1)C(C)C. The number of hydrogen-bond acceptors (Lipinski definition) is 6. The minimum Gasteiger partial charge on any atom is -0.345 e. The number of carbonyl (C=O) groups is 2. The molecule has 1 aliphatic heterocycles. The van der Waals surface area contributed by atoms with Gasteiger partial charge in [-0.2, -0.15) is 0 Å². The van der Waals surface area contributed by atoms with Crippen molar-refractivity contribution in [3.8, 4) is 5.69 Å². The van der Waals surface area contributed by atoms with Crippen LogP contribution in [0.4, 0.5) is 5.95 Å². The third kappa shape index (κ3) is 5.18. The van der Waals surface area contributed by atoms with Gasteiger partial charge >= 0.3 is 0 Å². The first-order valence-electron chi connectivity index (χ1n) is 10.1. The lowest BCUT2D eigenvalue weighted by atomic mass is 10.0. The molecule has 1 amide bonds. The van der Waals surface area contributed by atoms with E-state index >= 15 is 0 Å². The van der Waals surface area contributed by atoms with Gasteiger partial charge < -0.3 is 10.2 Å². The Bertz CT molecular complexity index is 856. The number of ketones is 1. The summed E-state index contributed by atoms with van der Waals surface area (Å²) >= 11 is 1.34. The molecule has 2 heterocycles. The Kier molecular flexibility index (Phi) is 6.95. The average Bonchev–Trinajstić information content (AvgIpc) is 3.34. The van der Waals surface area contributed by atoms with Crippen LogP contribution in [0.5, 0.6) is 0 Å². The number of aromatic nitrogens is 3. The molecular weight excluding hydrogens is 386 g/mol. The molecule has 29 heavy (non-hydrogen) atoms. The van der Waals surface area contributed by atoms with Gasteiger partial charge in [0.2, 0.25) is 11.9 Å². The van der Waals surface area contributed by atoms with Crippen LogP contribution in [0.15, 0.2) is 29.4 Å². The van der Waals surface area contributed by atoms with E-state index in [-0.39, 0.29) is 23.4 Å². The molecule has 1 fully saturated rings. The quantitative estimate of drug-likeness (QED) is 0.668. The van der Waals surface area contributed by atoms with E-state index in [0.29, 0.717) is 5.16 Å². The fourth-order valence-corrected chi connectivity index (χ4v) is 4.24. The number of aryl methyl sites for hydroxylation is 1. The van der Waals surface area contributed by atoms with E-state index in [1.165, 1.54) is 24.2 Å². The molecule has 1 atom stereocenters. The van der Waals surface area contributed by atoms with E-state index in [1.807, 2.05) is 30.5 Å². The summed E-state index contributed by atoms with van der Waals surface area (Å²) in [7, 11) is 0. The van der Waals surface area contributed by atoms with Gasteiger partial charge in [0.15, 0.2) is 10.9 Å². The summed E-state index contributed by atoms with van der Waals surface area (Å²) in [6.07, 6.45) is 2.29. The van der Waals surface area contributed by atoms with Gasteiger partial charge in [0.05, 0.1) is 17.5 Å². The number of Topliss-reactive ketones (excluding diaryl/α,β-unsaturated/α-hetero) is 1. The van der Waals surface area contributed by atoms with Gasteiger partial charge in [0, 0.05) is 13.1 Å². The number of anilines is 1. The Balaban J connectivity index is 1.79. The summed E-state index contributed by atoms with van der Waals surface area (Å²) in [6, 6.07) is 7.76. The van der Waals surface area contributed by atoms with Crippen LogP contribution in [0.3, 0.4) is 0 Å². The van der Waals surface area contributed by atoms with Crippen LogP contribution in [0.25, 0.3) is 5.69 Å². The van der Waals surface area contributed by atoms with Crippen molar-refractivity contribution in [2.45, 2.75) is 51.7 Å². The highest BCUT2D eigenvalue weighted by molar-refractivity contribution is 7.99. The van der Waals surface area contributed by atoms with E-state index in [9.17, 15) is 9.59 Å². The highest BCUT2D eigenvalue weighted by Crippen LogP contribution is 2.28. The van der Waals surface area contributed by atoms with Gasteiger partial charge in [-0.05, 0) is 44.7 Å². The molecule has 1 unspecified atom stereocenters. The van der Waals surface area contributed by atoms with Crippen molar-refractivity contribution in [3.05, 3.63) is 29.8 Å². The monoisotopic (exact) mass is 415 g/mol. The lowest BCUT2D eigenvalue weighted by molar-refractivity contribution is -0.126. The number of nitrogens with zero attached hydrogens (tertiary/aromatic N) is 4. The molecule has 1 saturated heterocycles. The van der Waals surface area contributed by atoms with Gasteiger partial charge in [-0.1, -0.05) is 43.3 Å². The summed E-state index contributed by atoms with van der Waals surface area (Å²) in [5, 5.41) is 12.3. The van der Waals surface area contributed by atoms with Crippen LogP contribution in [-0.2, 0) is 9.59 Å². The molecule has 0 bridgehead atoms. The number of amides is 1. The molecule has 8 heteroatoms. The Morgan fingerprint density at radius 3 is 2.38 bits per heavy atom. The van der Waals surface area contributed by atoms with Crippen molar-refractivity contribution in [1.29, 1.82) is 0 Å². The average molecular weight is 416 g/mol. The smallest absolute Gasteiger partial charge is 0.232 e. The van der Waals surface area contributed by atoms with E-state index in [1.54, 1.807) is 0 Å². The van der Waals surface area contributed by atoms with E-state index in [4.69, 9.17) is 0 Å². The zero-order chi connectivity index (χ0) is 21.0. The lowest BCUT2D eigenvalue weighted by Gasteiger charge is -2.20. The van der Waals surface area contributed by atoms with Gasteiger partial charge in [-0.25, -0.2) is 0 Å². The largest absolute Gasteiger partial charge is 0.345 e. The Labute approximate surface area is 176 Å². The van der Waals surface area contributed by atoms with Crippen LogP contribution >= 0.6 is 11.8 Å². The van der Waals surface area contributed by atoms with E-state index in [2.05, 4.69) is 39.5 Å². The van der Waals surface area contributed by atoms with Gasteiger partial charge in [-0.3, -0.25) is 14.2 Å². The van der Waals surface area contributed by atoms with Crippen LogP contribution in [0.2, 0.25) is 0 Å². The molecule has 2 aromatic rings. The van der Waals surface area contributed by atoms with Crippen molar-refractivity contribution in [2.75, 3.05) is 23.7 Å². The fraction of sp³-hybridized carbons (Fsp3) is 0.524. The molecule has 156 valence electrons. The third-order valence-electron chi connectivity index (χ3n) is 5.05. The summed E-state index contributed by atoms with van der Waals surface area (Å²) in [4.78, 5) is 26.4. The molecule has 1 N–H and O–H groups in total. The third-order valence-corrected chi connectivity index (χ3v) is 5.98. The fourth-order valence-electron chi connectivity index (χ4n) is 3.48. The summed E-state index contributed by atoms with van der Waals surface area (Å²) in [5.41, 5.74) is 2.16. The molecule has 7 nitrogen and oxygen atoms in total. The Morgan fingerprint density at radius 1 is 1.14 bits per heavy atom. The number of nitrogens with one attached hydrogen (secondary N) is 1. The normalized spacial score (nSPS) is 15.0. The van der Waals surface area contributed by atoms with Crippen molar-refractivity contribution >= 4 is 29.4 Å². The Morgan fingerprint density at radius 2 is 1.79 bits per heavy atom. The molecule has 0 radical (unpaired) electrons. The van der Waals surface area contributed by atoms with Gasteiger partial charge in [0.25, 0.3) is 0 Å². The van der Waals surface area contributed by atoms with Crippen molar-refractivity contribution < 1.29 is 9.59 Å². The van der Waals surface area contributed by atoms with Crippen LogP contribution < -0.4 is 10.2 Å². The summed E-state index contributed by atoms with van der Waals surface area (Å²) in [6.45, 7) is 9.34. The summed E-state index contributed by atoms with van der Waals surface area (Å²) in [5.74, 6) is 0.848. The van der Waals surface area contributed by atoms with Gasteiger partial charge in [-0.15, -0.1) is 10.2 Å². The minimum absolute atomic E-state index is 0.0301. The number of thioether (sulfide) groups is 1. The minimum atomic E-state index is -0.460. The molecule has 0 aliphatic carbocycles. The topological polar surface area (TPSA) is 80.1 Å². The molecular formula is C21H29N5O2S. The molecule has 3 rings (SSSR count). The standard InChI is InChI=1S/C21H29N5O2S/c1-14(2)19(16(4)27)22-18(28)13-29-21-24-23-20(25-11-5-6-12-25)26(21)17-9-7-15(3)8-10-17/h7-10,14,19H,5-6,11-13H2,1-4H3,(H,22,28). The highest BCUT2D eigenvalue weighted by Gasteiger charge is 2.24.